The summed E-state index contributed by atoms with van der Waals surface area (Å²) in [5.74, 6) is 0.586. The third-order valence-corrected chi connectivity index (χ3v) is 5.99. The molecular weight excluding hydrogens is 538 g/mol. The number of benzene rings is 3. The molecule has 2 amide bonds. The number of carbonyl (C=O) groups is 2. The zero-order valence-corrected chi connectivity index (χ0v) is 21.4. The lowest BCUT2D eigenvalue weighted by atomic mass is 9.94. The molecule has 0 aromatic heterocycles. The molecule has 0 aliphatic heterocycles. The van der Waals surface area contributed by atoms with Gasteiger partial charge >= 0.3 is 0 Å². The van der Waals surface area contributed by atoms with Crippen LogP contribution in [0.1, 0.15) is 34.3 Å². The van der Waals surface area contributed by atoms with Crippen LogP contribution in [0.15, 0.2) is 60.7 Å². The van der Waals surface area contributed by atoms with Gasteiger partial charge in [0.1, 0.15) is 4.33 Å². The number of rotatable bonds is 6. The highest BCUT2D eigenvalue weighted by Gasteiger charge is 2.37. The van der Waals surface area contributed by atoms with Crippen LogP contribution in [-0.2, 0) is 4.79 Å². The number of halogens is 5. The lowest BCUT2D eigenvalue weighted by molar-refractivity contribution is -0.117. The molecule has 0 radical (unpaired) electrons. The molecule has 0 fully saturated rings. The first-order chi connectivity index (χ1) is 16.0. The lowest BCUT2D eigenvalue weighted by Gasteiger charge is -2.26. The maximum absolute atomic E-state index is 13.2. The van der Waals surface area contributed by atoms with Crippen molar-refractivity contribution in [1.82, 2.24) is 0 Å². The predicted molar refractivity (Wildman–Crippen MR) is 142 cm³/mol. The third kappa shape index (κ3) is 6.60. The van der Waals surface area contributed by atoms with Gasteiger partial charge in [0.2, 0.25) is 5.91 Å². The quantitative estimate of drug-likeness (QED) is 0.241. The van der Waals surface area contributed by atoms with E-state index in [1.165, 1.54) is 19.1 Å². The molecule has 174 valence electrons. The summed E-state index contributed by atoms with van der Waals surface area (Å²) in [7, 11) is 0. The normalized spacial score (nSPS) is 11.9. The molecule has 3 rings (SSSR count). The van der Waals surface area contributed by atoms with Gasteiger partial charge in [-0.1, -0.05) is 40.7 Å². The summed E-state index contributed by atoms with van der Waals surface area (Å²) in [6, 6.07) is 15.8. The number of terminal acetylenes is 1. The third-order valence-electron chi connectivity index (χ3n) is 4.78. The molecule has 0 aliphatic carbocycles. The molecule has 0 saturated heterocycles. The highest BCUT2D eigenvalue weighted by atomic mass is 35.5. The van der Waals surface area contributed by atoms with Crippen LogP contribution in [-0.4, -0.2) is 16.1 Å². The number of nitrogens with one attached hydrogen (secondary N) is 2. The second-order valence-electron chi connectivity index (χ2n) is 7.45. The van der Waals surface area contributed by atoms with Gasteiger partial charge in [-0.3, -0.25) is 9.59 Å². The van der Waals surface area contributed by atoms with Crippen molar-refractivity contribution in [3.8, 4) is 12.3 Å². The Labute approximate surface area is 222 Å². The smallest absolute Gasteiger partial charge is 0.255 e. The molecular formula is C25H17Cl5N2O2. The van der Waals surface area contributed by atoms with Crippen LogP contribution in [0.4, 0.5) is 11.4 Å². The van der Waals surface area contributed by atoms with Crippen LogP contribution in [0.2, 0.25) is 15.1 Å². The summed E-state index contributed by atoms with van der Waals surface area (Å²) in [6.45, 7) is 1.49. The fourth-order valence-corrected chi connectivity index (χ4v) is 4.40. The standard InChI is InChI=1S/C25H17Cl5N2O2/c1-3-14-4-6-15(7-5-14)23(33)32-21-13-19(8-9-20(21)28)31-24(34)22(25(2,29)30)16-10-17(26)12-18(27)11-16/h1,4-13,22H,2H3,(H,31,34)(H,32,33). The largest absolute Gasteiger partial charge is 0.325 e. The summed E-state index contributed by atoms with van der Waals surface area (Å²) in [5, 5.41) is 6.44. The number of amides is 2. The van der Waals surface area contributed by atoms with Crippen molar-refractivity contribution in [2.45, 2.75) is 17.2 Å². The average Bonchev–Trinajstić information content (AvgIpc) is 2.74. The summed E-state index contributed by atoms with van der Waals surface area (Å²) >= 11 is 31.1. The van der Waals surface area contributed by atoms with E-state index in [0.29, 0.717) is 38.1 Å². The SMILES string of the molecule is C#Cc1ccc(C(=O)Nc2cc(NC(=O)C(c3cc(Cl)cc(Cl)c3)C(C)(Cl)Cl)ccc2Cl)cc1. The number of carbonyl (C=O) groups excluding carboxylic acids is 2. The zero-order chi connectivity index (χ0) is 25.0. The molecule has 1 unspecified atom stereocenters. The van der Waals surface area contributed by atoms with E-state index in [1.807, 2.05) is 0 Å². The molecule has 3 aromatic rings. The monoisotopic (exact) mass is 552 g/mol. The lowest BCUT2D eigenvalue weighted by Crippen LogP contribution is -2.32. The molecule has 1 atom stereocenters. The van der Waals surface area contributed by atoms with E-state index in [2.05, 4.69) is 16.6 Å². The van der Waals surface area contributed by atoms with Crippen molar-refractivity contribution < 1.29 is 9.59 Å². The summed E-state index contributed by atoms with van der Waals surface area (Å²) in [4.78, 5) is 25.8. The van der Waals surface area contributed by atoms with Gasteiger partial charge in [0.05, 0.1) is 16.6 Å². The van der Waals surface area contributed by atoms with E-state index >= 15 is 0 Å². The fourth-order valence-electron chi connectivity index (χ4n) is 3.24. The number of alkyl halides is 2. The van der Waals surface area contributed by atoms with Crippen LogP contribution in [0, 0.1) is 12.3 Å². The van der Waals surface area contributed by atoms with E-state index in [9.17, 15) is 9.59 Å². The first-order valence-electron chi connectivity index (χ1n) is 9.80. The Morgan fingerprint density at radius 3 is 2.09 bits per heavy atom. The molecule has 9 heteroatoms. The Hall–Kier alpha value is -2.39. The van der Waals surface area contributed by atoms with Gasteiger partial charge in [-0.2, -0.15) is 0 Å². The average molecular weight is 555 g/mol. The van der Waals surface area contributed by atoms with Gasteiger partial charge in [-0.05, 0) is 73.2 Å². The summed E-state index contributed by atoms with van der Waals surface area (Å²) < 4.78 is -1.48. The zero-order valence-electron chi connectivity index (χ0n) is 17.6. The van der Waals surface area contributed by atoms with E-state index in [1.54, 1.807) is 48.5 Å². The van der Waals surface area contributed by atoms with Crippen molar-refractivity contribution in [1.29, 1.82) is 0 Å². The van der Waals surface area contributed by atoms with E-state index in [4.69, 9.17) is 64.4 Å². The van der Waals surface area contributed by atoms with Crippen LogP contribution < -0.4 is 10.6 Å². The van der Waals surface area contributed by atoms with E-state index in [-0.39, 0.29) is 5.02 Å². The van der Waals surface area contributed by atoms with Gasteiger partial charge in [-0.25, -0.2) is 0 Å². The predicted octanol–water partition coefficient (Wildman–Crippen LogP) is 7.80. The van der Waals surface area contributed by atoms with Gasteiger partial charge in [0.15, 0.2) is 0 Å². The van der Waals surface area contributed by atoms with Crippen molar-refractivity contribution in [3.05, 3.63) is 92.4 Å². The Morgan fingerprint density at radius 2 is 1.53 bits per heavy atom. The highest BCUT2D eigenvalue weighted by Crippen LogP contribution is 2.40. The van der Waals surface area contributed by atoms with Crippen molar-refractivity contribution in [2.75, 3.05) is 10.6 Å². The second-order valence-corrected chi connectivity index (χ2v) is 10.5. The van der Waals surface area contributed by atoms with Gasteiger partial charge in [0, 0.05) is 26.9 Å². The van der Waals surface area contributed by atoms with E-state index < -0.39 is 22.1 Å². The second kappa shape index (κ2) is 10.9. The maximum Gasteiger partial charge on any atom is 0.255 e. The van der Waals surface area contributed by atoms with Gasteiger partial charge in [-0.15, -0.1) is 29.6 Å². The van der Waals surface area contributed by atoms with Gasteiger partial charge < -0.3 is 10.6 Å². The fraction of sp³-hybridized carbons (Fsp3) is 0.120. The van der Waals surface area contributed by atoms with Crippen molar-refractivity contribution in [3.63, 3.8) is 0 Å². The minimum Gasteiger partial charge on any atom is -0.325 e. The van der Waals surface area contributed by atoms with Crippen LogP contribution >= 0.6 is 58.0 Å². The Morgan fingerprint density at radius 1 is 0.912 bits per heavy atom. The molecule has 0 spiro atoms. The molecule has 0 aliphatic rings. The van der Waals surface area contributed by atoms with Crippen LogP contribution in [0.5, 0.6) is 0 Å². The van der Waals surface area contributed by atoms with Crippen molar-refractivity contribution >= 4 is 81.2 Å². The van der Waals surface area contributed by atoms with Gasteiger partial charge in [0.25, 0.3) is 5.91 Å². The van der Waals surface area contributed by atoms with Crippen molar-refractivity contribution in [2.24, 2.45) is 0 Å². The molecule has 4 nitrogen and oxygen atoms in total. The molecule has 3 aromatic carbocycles. The maximum atomic E-state index is 13.2. The molecule has 2 N–H and O–H groups in total. The number of anilines is 2. The van der Waals surface area contributed by atoms with Crippen LogP contribution in [0.25, 0.3) is 0 Å². The Kier molecular flexibility index (Phi) is 8.41. The number of hydrogen-bond donors (Lipinski definition) is 2. The van der Waals surface area contributed by atoms with E-state index in [0.717, 1.165) is 0 Å². The highest BCUT2D eigenvalue weighted by molar-refractivity contribution is 6.50. The minimum absolute atomic E-state index is 0.282. The minimum atomic E-state index is -1.48. The summed E-state index contributed by atoms with van der Waals surface area (Å²) in [5.41, 5.74) is 2.15. The molecule has 0 bridgehead atoms. The molecule has 0 heterocycles. The molecule has 0 saturated carbocycles. The summed E-state index contributed by atoms with van der Waals surface area (Å²) in [6.07, 6.45) is 5.34. The number of hydrogen-bond acceptors (Lipinski definition) is 2. The van der Waals surface area contributed by atoms with Crippen LogP contribution in [0.3, 0.4) is 0 Å². The Bertz CT molecular complexity index is 1260. The first kappa shape index (κ1) is 26.2. The molecule has 34 heavy (non-hydrogen) atoms. The Balaban J connectivity index is 1.84. The first-order valence-corrected chi connectivity index (χ1v) is 11.7. The topological polar surface area (TPSA) is 58.2 Å².